The maximum atomic E-state index is 11.6. The minimum Gasteiger partial charge on any atom is -0.494 e. The van der Waals surface area contributed by atoms with E-state index in [2.05, 4.69) is 4.98 Å². The Hall–Kier alpha value is -2.16. The highest BCUT2D eigenvalue weighted by molar-refractivity contribution is 6.00. The van der Waals surface area contributed by atoms with Gasteiger partial charge in [-0.15, -0.1) is 0 Å². The average Bonchev–Trinajstić information content (AvgIpc) is 2.38. The van der Waals surface area contributed by atoms with Gasteiger partial charge in [0.2, 0.25) is 0 Å². The quantitative estimate of drug-likeness (QED) is 0.757. The Morgan fingerprint density at radius 3 is 2.65 bits per heavy atom. The maximum absolute atomic E-state index is 11.6. The molecule has 1 aromatic heterocycles. The van der Waals surface area contributed by atoms with E-state index in [1.54, 1.807) is 32.4 Å². The first kappa shape index (κ1) is 11.3. The fourth-order valence-corrected chi connectivity index (χ4v) is 1.75. The molecule has 2 aromatic rings. The third-order valence-electron chi connectivity index (χ3n) is 2.55. The van der Waals surface area contributed by atoms with E-state index in [4.69, 9.17) is 4.74 Å². The van der Waals surface area contributed by atoms with Gasteiger partial charge in [0.05, 0.1) is 7.11 Å². The zero-order chi connectivity index (χ0) is 12.3. The van der Waals surface area contributed by atoms with E-state index in [0.29, 0.717) is 17.0 Å². The molecule has 0 aliphatic heterocycles. The van der Waals surface area contributed by atoms with E-state index in [0.717, 1.165) is 5.56 Å². The number of nitrogens with zero attached hydrogens (tertiary/aromatic N) is 1. The van der Waals surface area contributed by atoms with Crippen LogP contribution in [0.25, 0.3) is 11.3 Å². The number of benzene rings is 1. The first-order chi connectivity index (χ1) is 8.24. The zero-order valence-corrected chi connectivity index (χ0v) is 9.81. The van der Waals surface area contributed by atoms with Gasteiger partial charge < -0.3 is 4.74 Å². The summed E-state index contributed by atoms with van der Waals surface area (Å²) >= 11 is 0. The maximum Gasteiger partial charge on any atom is 0.160 e. The topological polar surface area (TPSA) is 39.2 Å². The van der Waals surface area contributed by atoms with Gasteiger partial charge in [0.1, 0.15) is 11.4 Å². The number of methoxy groups -OCH3 is 1. The molecule has 2 rings (SSSR count). The van der Waals surface area contributed by atoms with Crippen molar-refractivity contribution in [2.45, 2.75) is 6.92 Å². The fourth-order valence-electron chi connectivity index (χ4n) is 1.75. The molecule has 0 bridgehead atoms. The number of hydrogen-bond donors (Lipinski definition) is 0. The highest BCUT2D eigenvalue weighted by Gasteiger charge is 2.13. The number of hydrogen-bond acceptors (Lipinski definition) is 3. The van der Waals surface area contributed by atoms with Gasteiger partial charge in [-0.2, -0.15) is 0 Å². The van der Waals surface area contributed by atoms with Crippen LogP contribution in [0.3, 0.4) is 0 Å². The van der Waals surface area contributed by atoms with Crippen molar-refractivity contribution in [3.8, 4) is 17.0 Å². The van der Waals surface area contributed by atoms with Crippen molar-refractivity contribution in [3.63, 3.8) is 0 Å². The lowest BCUT2D eigenvalue weighted by Crippen LogP contribution is -1.98. The van der Waals surface area contributed by atoms with Crippen molar-refractivity contribution in [1.82, 2.24) is 4.98 Å². The molecule has 0 radical (unpaired) electrons. The highest BCUT2D eigenvalue weighted by atomic mass is 16.5. The van der Waals surface area contributed by atoms with Crippen molar-refractivity contribution in [2.75, 3.05) is 7.11 Å². The third kappa shape index (κ3) is 2.18. The molecule has 0 saturated carbocycles. The predicted octanol–water partition coefficient (Wildman–Crippen LogP) is 2.96. The molecule has 1 heterocycles. The molecule has 0 atom stereocenters. The second kappa shape index (κ2) is 4.78. The summed E-state index contributed by atoms with van der Waals surface area (Å²) in [5.74, 6) is 0.689. The molecular weight excluding hydrogens is 214 g/mol. The first-order valence-corrected chi connectivity index (χ1v) is 5.33. The summed E-state index contributed by atoms with van der Waals surface area (Å²) in [5, 5.41) is 0. The molecule has 0 fully saturated rings. The summed E-state index contributed by atoms with van der Waals surface area (Å²) < 4.78 is 5.26. The summed E-state index contributed by atoms with van der Waals surface area (Å²) in [5.41, 5.74) is 2.16. The molecule has 0 amide bonds. The summed E-state index contributed by atoms with van der Waals surface area (Å²) in [4.78, 5) is 15.9. The summed E-state index contributed by atoms with van der Waals surface area (Å²) in [7, 11) is 1.59. The SMILES string of the molecule is COc1cccnc1-c1ccccc1C(C)=O. The van der Waals surface area contributed by atoms with E-state index < -0.39 is 0 Å². The largest absolute Gasteiger partial charge is 0.494 e. The van der Waals surface area contributed by atoms with E-state index in [1.807, 2.05) is 24.3 Å². The Labute approximate surface area is 100 Å². The van der Waals surface area contributed by atoms with E-state index in [1.165, 1.54) is 0 Å². The molecule has 3 heteroatoms. The first-order valence-electron chi connectivity index (χ1n) is 5.33. The second-order valence-corrected chi connectivity index (χ2v) is 3.66. The van der Waals surface area contributed by atoms with E-state index in [9.17, 15) is 4.79 Å². The number of ketones is 1. The molecule has 0 unspecified atom stereocenters. The van der Waals surface area contributed by atoms with Crippen molar-refractivity contribution in [1.29, 1.82) is 0 Å². The predicted molar refractivity (Wildman–Crippen MR) is 66.2 cm³/mol. The number of pyridine rings is 1. The van der Waals surface area contributed by atoms with Gasteiger partial charge in [-0.3, -0.25) is 9.78 Å². The van der Waals surface area contributed by atoms with E-state index >= 15 is 0 Å². The number of aromatic nitrogens is 1. The van der Waals surface area contributed by atoms with Crippen molar-refractivity contribution >= 4 is 5.78 Å². The number of Topliss-reactive ketones (excluding diaryl/α,β-unsaturated/α-hetero) is 1. The molecule has 0 aliphatic rings. The van der Waals surface area contributed by atoms with Crippen LogP contribution in [0.15, 0.2) is 42.6 Å². The molecular formula is C14H13NO2. The minimum absolute atomic E-state index is 0.0216. The second-order valence-electron chi connectivity index (χ2n) is 3.66. The van der Waals surface area contributed by atoms with Gasteiger partial charge in [-0.25, -0.2) is 0 Å². The molecule has 3 nitrogen and oxygen atoms in total. The Balaban J connectivity index is 2.64. The lowest BCUT2D eigenvalue weighted by atomic mass is 10.0. The normalized spacial score (nSPS) is 10.0. The van der Waals surface area contributed by atoms with Crippen LogP contribution in [-0.4, -0.2) is 17.9 Å². The Bertz CT molecular complexity index is 549. The van der Waals surface area contributed by atoms with Gasteiger partial charge in [0.15, 0.2) is 5.78 Å². The van der Waals surface area contributed by atoms with Crippen molar-refractivity contribution in [3.05, 3.63) is 48.2 Å². The smallest absolute Gasteiger partial charge is 0.160 e. The Morgan fingerprint density at radius 1 is 1.18 bits per heavy atom. The van der Waals surface area contributed by atoms with Gasteiger partial charge >= 0.3 is 0 Å². The van der Waals surface area contributed by atoms with Gasteiger partial charge in [0.25, 0.3) is 0 Å². The van der Waals surface area contributed by atoms with Crippen molar-refractivity contribution in [2.24, 2.45) is 0 Å². The van der Waals surface area contributed by atoms with Crippen LogP contribution in [0.4, 0.5) is 0 Å². The summed E-state index contributed by atoms with van der Waals surface area (Å²) in [6.07, 6.45) is 1.69. The van der Waals surface area contributed by atoms with Gasteiger partial charge in [-0.1, -0.05) is 24.3 Å². The van der Waals surface area contributed by atoms with Crippen LogP contribution in [0.5, 0.6) is 5.75 Å². The van der Waals surface area contributed by atoms with E-state index in [-0.39, 0.29) is 5.78 Å². The number of ether oxygens (including phenoxy) is 1. The molecule has 0 spiro atoms. The Kier molecular flexibility index (Phi) is 3.19. The van der Waals surface area contributed by atoms with Crippen molar-refractivity contribution < 1.29 is 9.53 Å². The van der Waals surface area contributed by atoms with Crippen LogP contribution >= 0.6 is 0 Å². The zero-order valence-electron chi connectivity index (χ0n) is 9.81. The highest BCUT2D eigenvalue weighted by Crippen LogP contribution is 2.29. The standard InChI is InChI=1S/C14H13NO2/c1-10(16)11-6-3-4-7-12(11)14-13(17-2)8-5-9-15-14/h3-9H,1-2H3. The molecule has 0 saturated heterocycles. The summed E-state index contributed by atoms with van der Waals surface area (Å²) in [6.45, 7) is 1.55. The minimum atomic E-state index is 0.0216. The molecule has 0 N–H and O–H groups in total. The lowest BCUT2D eigenvalue weighted by Gasteiger charge is -2.09. The van der Waals surface area contributed by atoms with Crippen LogP contribution in [0.2, 0.25) is 0 Å². The average molecular weight is 227 g/mol. The molecule has 1 aromatic carbocycles. The van der Waals surface area contributed by atoms with Crippen LogP contribution in [-0.2, 0) is 0 Å². The fraction of sp³-hybridized carbons (Fsp3) is 0.143. The van der Waals surface area contributed by atoms with Gasteiger partial charge in [0, 0.05) is 17.3 Å². The van der Waals surface area contributed by atoms with Crippen LogP contribution in [0, 0.1) is 0 Å². The van der Waals surface area contributed by atoms with Gasteiger partial charge in [-0.05, 0) is 19.1 Å². The lowest BCUT2D eigenvalue weighted by molar-refractivity contribution is 0.101. The molecule has 0 aliphatic carbocycles. The Morgan fingerprint density at radius 2 is 1.94 bits per heavy atom. The number of carbonyl (C=O) groups is 1. The van der Waals surface area contributed by atoms with Crippen LogP contribution in [0.1, 0.15) is 17.3 Å². The molecule has 86 valence electrons. The number of rotatable bonds is 3. The molecule has 17 heavy (non-hydrogen) atoms. The number of carbonyl (C=O) groups excluding carboxylic acids is 1. The monoisotopic (exact) mass is 227 g/mol. The van der Waals surface area contributed by atoms with Crippen LogP contribution < -0.4 is 4.74 Å². The summed E-state index contributed by atoms with van der Waals surface area (Å²) in [6, 6.07) is 11.0. The third-order valence-corrected chi connectivity index (χ3v) is 2.55.